The second kappa shape index (κ2) is 4.98. The number of aromatic nitrogens is 1. The standard InChI is InChI=1S/C14H20N2O/c1-9(10(2)17)14(15)12-5-6-13-11(8-12)4-3-7-16-13/h3-7,9-10,12,14,17H,8,15H2,1-2H3. The van der Waals surface area contributed by atoms with E-state index in [9.17, 15) is 5.11 Å². The molecule has 0 amide bonds. The Hall–Kier alpha value is -1.19. The van der Waals surface area contributed by atoms with E-state index in [1.54, 1.807) is 6.92 Å². The number of nitrogens with two attached hydrogens (primary N) is 1. The van der Waals surface area contributed by atoms with Gasteiger partial charge in [-0.15, -0.1) is 0 Å². The van der Waals surface area contributed by atoms with Crippen LogP contribution in [0.1, 0.15) is 25.1 Å². The summed E-state index contributed by atoms with van der Waals surface area (Å²) >= 11 is 0. The molecule has 2 rings (SSSR count). The van der Waals surface area contributed by atoms with Crippen LogP contribution in [0, 0.1) is 11.8 Å². The summed E-state index contributed by atoms with van der Waals surface area (Å²) in [6, 6.07) is 4.04. The van der Waals surface area contributed by atoms with Crippen molar-refractivity contribution in [2.24, 2.45) is 17.6 Å². The van der Waals surface area contributed by atoms with Crippen LogP contribution in [0.5, 0.6) is 0 Å². The van der Waals surface area contributed by atoms with E-state index in [-0.39, 0.29) is 24.0 Å². The maximum Gasteiger partial charge on any atom is 0.0658 e. The molecule has 0 fully saturated rings. The molecule has 3 heteroatoms. The molecule has 0 radical (unpaired) electrons. The van der Waals surface area contributed by atoms with Crippen molar-refractivity contribution in [1.82, 2.24) is 4.98 Å². The molecule has 92 valence electrons. The molecule has 0 saturated carbocycles. The lowest BCUT2D eigenvalue weighted by Gasteiger charge is -2.30. The van der Waals surface area contributed by atoms with Crippen molar-refractivity contribution < 1.29 is 5.11 Å². The van der Waals surface area contributed by atoms with Crippen LogP contribution in [0.2, 0.25) is 0 Å². The molecule has 17 heavy (non-hydrogen) atoms. The maximum absolute atomic E-state index is 9.60. The molecule has 4 atom stereocenters. The van der Waals surface area contributed by atoms with Crippen molar-refractivity contribution in [3.63, 3.8) is 0 Å². The fourth-order valence-electron chi connectivity index (χ4n) is 2.29. The number of fused-ring (bicyclic) bond motifs is 1. The van der Waals surface area contributed by atoms with Crippen LogP contribution in [-0.2, 0) is 6.42 Å². The highest BCUT2D eigenvalue weighted by atomic mass is 16.3. The van der Waals surface area contributed by atoms with Crippen LogP contribution >= 0.6 is 0 Å². The summed E-state index contributed by atoms with van der Waals surface area (Å²) in [6.07, 6.45) is 6.52. The molecule has 0 spiro atoms. The lowest BCUT2D eigenvalue weighted by atomic mass is 9.80. The fraction of sp³-hybridized carbons (Fsp3) is 0.500. The van der Waals surface area contributed by atoms with E-state index < -0.39 is 0 Å². The van der Waals surface area contributed by atoms with Gasteiger partial charge in [-0.3, -0.25) is 4.98 Å². The van der Waals surface area contributed by atoms with Gasteiger partial charge in [-0.1, -0.05) is 19.1 Å². The first-order chi connectivity index (χ1) is 8.09. The van der Waals surface area contributed by atoms with Gasteiger partial charge in [0, 0.05) is 12.2 Å². The zero-order valence-corrected chi connectivity index (χ0v) is 10.4. The minimum absolute atomic E-state index is 0.0143. The predicted molar refractivity (Wildman–Crippen MR) is 69.3 cm³/mol. The number of aliphatic hydroxyl groups is 1. The molecule has 1 heterocycles. The summed E-state index contributed by atoms with van der Waals surface area (Å²) in [4.78, 5) is 4.32. The van der Waals surface area contributed by atoms with Gasteiger partial charge in [0.25, 0.3) is 0 Å². The van der Waals surface area contributed by atoms with Gasteiger partial charge in [-0.25, -0.2) is 0 Å². The topological polar surface area (TPSA) is 59.1 Å². The second-order valence-electron chi connectivity index (χ2n) is 4.95. The van der Waals surface area contributed by atoms with Crippen LogP contribution in [-0.4, -0.2) is 22.2 Å². The minimum Gasteiger partial charge on any atom is -0.393 e. The van der Waals surface area contributed by atoms with Crippen LogP contribution in [0.25, 0.3) is 6.08 Å². The lowest BCUT2D eigenvalue weighted by molar-refractivity contribution is 0.110. The van der Waals surface area contributed by atoms with E-state index >= 15 is 0 Å². The number of rotatable bonds is 3. The highest BCUT2D eigenvalue weighted by molar-refractivity contribution is 5.52. The van der Waals surface area contributed by atoms with Gasteiger partial charge in [0.05, 0.1) is 11.8 Å². The monoisotopic (exact) mass is 232 g/mol. The molecular weight excluding hydrogens is 212 g/mol. The third kappa shape index (κ3) is 2.56. The zero-order valence-electron chi connectivity index (χ0n) is 10.4. The highest BCUT2D eigenvalue weighted by Gasteiger charge is 2.26. The van der Waals surface area contributed by atoms with Crippen LogP contribution < -0.4 is 5.73 Å². The SMILES string of the molecule is CC(O)C(C)C(N)C1C=Cc2ncccc2C1. The largest absolute Gasteiger partial charge is 0.393 e. The molecule has 1 aromatic heterocycles. The molecule has 1 aliphatic carbocycles. The van der Waals surface area contributed by atoms with Crippen LogP contribution in [0.3, 0.4) is 0 Å². The molecule has 0 aliphatic heterocycles. The van der Waals surface area contributed by atoms with Gasteiger partial charge in [0.2, 0.25) is 0 Å². The molecule has 1 aromatic rings. The molecule has 0 bridgehead atoms. The van der Waals surface area contributed by atoms with Crippen LogP contribution in [0.15, 0.2) is 24.4 Å². The first-order valence-electron chi connectivity index (χ1n) is 6.15. The van der Waals surface area contributed by atoms with Gasteiger partial charge in [0.1, 0.15) is 0 Å². The molecule has 1 aliphatic rings. The number of pyridine rings is 1. The molecule has 4 unspecified atom stereocenters. The van der Waals surface area contributed by atoms with E-state index in [0.717, 1.165) is 12.1 Å². The van der Waals surface area contributed by atoms with Gasteiger partial charge in [0.15, 0.2) is 0 Å². The van der Waals surface area contributed by atoms with E-state index in [4.69, 9.17) is 5.73 Å². The fourth-order valence-corrected chi connectivity index (χ4v) is 2.29. The first-order valence-corrected chi connectivity index (χ1v) is 6.15. The third-order valence-corrected chi connectivity index (χ3v) is 3.75. The average molecular weight is 232 g/mol. The van der Waals surface area contributed by atoms with Crippen molar-refractivity contribution in [2.75, 3.05) is 0 Å². The van der Waals surface area contributed by atoms with E-state index in [1.165, 1.54) is 5.56 Å². The van der Waals surface area contributed by atoms with Crippen LogP contribution in [0.4, 0.5) is 0 Å². The normalized spacial score (nSPS) is 23.9. The Bertz CT molecular complexity index is 414. The Morgan fingerprint density at radius 3 is 2.94 bits per heavy atom. The maximum atomic E-state index is 9.60. The average Bonchev–Trinajstić information content (AvgIpc) is 2.36. The Balaban J connectivity index is 2.13. The van der Waals surface area contributed by atoms with Crippen molar-refractivity contribution in [3.8, 4) is 0 Å². The number of hydrogen-bond acceptors (Lipinski definition) is 3. The highest BCUT2D eigenvalue weighted by Crippen LogP contribution is 2.26. The Morgan fingerprint density at radius 2 is 2.24 bits per heavy atom. The summed E-state index contributed by atoms with van der Waals surface area (Å²) < 4.78 is 0. The third-order valence-electron chi connectivity index (χ3n) is 3.75. The smallest absolute Gasteiger partial charge is 0.0658 e. The van der Waals surface area contributed by atoms with Gasteiger partial charge >= 0.3 is 0 Å². The summed E-state index contributed by atoms with van der Waals surface area (Å²) in [6.45, 7) is 3.80. The second-order valence-corrected chi connectivity index (χ2v) is 4.95. The van der Waals surface area contributed by atoms with Crippen molar-refractivity contribution in [1.29, 1.82) is 0 Å². The molecule has 3 N–H and O–H groups in total. The lowest BCUT2D eigenvalue weighted by Crippen LogP contribution is -2.41. The Kier molecular flexibility index (Phi) is 3.60. The number of nitrogens with zero attached hydrogens (tertiary/aromatic N) is 1. The van der Waals surface area contributed by atoms with E-state index in [0.29, 0.717) is 0 Å². The van der Waals surface area contributed by atoms with Gasteiger partial charge < -0.3 is 10.8 Å². The summed E-state index contributed by atoms with van der Waals surface area (Å²) in [7, 11) is 0. The molecule has 0 aromatic carbocycles. The zero-order chi connectivity index (χ0) is 12.4. The van der Waals surface area contributed by atoms with Crippen molar-refractivity contribution in [3.05, 3.63) is 35.7 Å². The minimum atomic E-state index is -0.367. The Labute approximate surface area is 102 Å². The van der Waals surface area contributed by atoms with Gasteiger partial charge in [-0.2, -0.15) is 0 Å². The number of hydrogen-bond donors (Lipinski definition) is 2. The number of aliphatic hydroxyl groups excluding tert-OH is 1. The quantitative estimate of drug-likeness (QED) is 0.832. The summed E-state index contributed by atoms with van der Waals surface area (Å²) in [5.41, 5.74) is 8.50. The van der Waals surface area contributed by atoms with E-state index in [2.05, 4.69) is 17.1 Å². The van der Waals surface area contributed by atoms with Crippen molar-refractivity contribution in [2.45, 2.75) is 32.4 Å². The van der Waals surface area contributed by atoms with Crippen molar-refractivity contribution >= 4 is 6.08 Å². The molecule has 3 nitrogen and oxygen atoms in total. The molecular formula is C14H20N2O. The molecule has 0 saturated heterocycles. The predicted octanol–water partition coefficient (Wildman–Crippen LogP) is 1.61. The Morgan fingerprint density at radius 1 is 1.47 bits per heavy atom. The van der Waals surface area contributed by atoms with E-state index in [1.807, 2.05) is 25.3 Å². The van der Waals surface area contributed by atoms with Gasteiger partial charge in [-0.05, 0) is 42.9 Å². The first kappa shape index (κ1) is 12.3. The summed E-state index contributed by atoms with van der Waals surface area (Å²) in [5, 5.41) is 9.60. The summed E-state index contributed by atoms with van der Waals surface area (Å²) in [5.74, 6) is 0.388.